The molecule has 0 bridgehead atoms. The molecule has 1 atom stereocenters. The second kappa shape index (κ2) is 11.9. The predicted octanol–water partition coefficient (Wildman–Crippen LogP) is 3.55. The first-order valence-electron chi connectivity index (χ1n) is 11.1. The molecule has 0 aliphatic heterocycles. The van der Waals surface area contributed by atoms with Crippen LogP contribution in [0.3, 0.4) is 0 Å². The van der Waals surface area contributed by atoms with Crippen LogP contribution in [0.4, 0.5) is 0 Å². The Morgan fingerprint density at radius 2 is 1.39 bits per heavy atom. The van der Waals surface area contributed by atoms with Gasteiger partial charge in [-0.1, -0.05) is 55.3 Å². The molecule has 1 unspecified atom stereocenters. The normalized spacial score (nSPS) is 12.5. The smallest absolute Gasteiger partial charge is 0.251 e. The molecule has 0 saturated carbocycles. The molecule has 0 aliphatic rings. The highest BCUT2D eigenvalue weighted by Crippen LogP contribution is 2.36. The number of nitrogens with zero attached hydrogens (tertiary/aromatic N) is 1. The van der Waals surface area contributed by atoms with Crippen molar-refractivity contribution in [2.75, 3.05) is 6.54 Å². The van der Waals surface area contributed by atoms with Crippen molar-refractivity contribution in [3.05, 3.63) is 101 Å². The fourth-order valence-electron chi connectivity index (χ4n) is 3.76. The molecule has 33 heavy (non-hydrogen) atoms. The zero-order valence-electron chi connectivity index (χ0n) is 18.4. The van der Waals surface area contributed by atoms with Gasteiger partial charge in [-0.25, -0.2) is 5.48 Å². The standard InChI is InChI=1S/C26H29N3O4/c30-24(29-33)10-6-1-2-7-17-28-25(31)20-11-13-22(14-12-20)26(32,21-8-4-3-5-9-21)23-15-18-27-19-16-23/h3-5,8-9,11-16,18-19,32-33H,1-2,6-7,10,17H2,(H,28,31)(H,29,30). The van der Waals surface area contributed by atoms with Gasteiger partial charge in [-0.05, 0) is 53.8 Å². The maximum absolute atomic E-state index is 12.5. The lowest BCUT2D eigenvalue weighted by Crippen LogP contribution is -2.29. The maximum atomic E-state index is 12.5. The van der Waals surface area contributed by atoms with Gasteiger partial charge in [-0.15, -0.1) is 0 Å². The van der Waals surface area contributed by atoms with E-state index in [9.17, 15) is 14.7 Å². The topological polar surface area (TPSA) is 112 Å². The molecule has 7 heteroatoms. The molecule has 172 valence electrons. The molecule has 3 rings (SSSR count). The van der Waals surface area contributed by atoms with E-state index in [1.54, 1.807) is 54.3 Å². The summed E-state index contributed by atoms with van der Waals surface area (Å²) in [4.78, 5) is 27.5. The van der Waals surface area contributed by atoms with Gasteiger partial charge in [0.05, 0.1) is 0 Å². The van der Waals surface area contributed by atoms with E-state index in [0.717, 1.165) is 24.8 Å². The minimum absolute atomic E-state index is 0.173. The summed E-state index contributed by atoms with van der Waals surface area (Å²) >= 11 is 0. The maximum Gasteiger partial charge on any atom is 0.251 e. The molecule has 0 saturated heterocycles. The first-order valence-corrected chi connectivity index (χ1v) is 11.1. The number of hydrogen-bond donors (Lipinski definition) is 4. The fourth-order valence-corrected chi connectivity index (χ4v) is 3.76. The van der Waals surface area contributed by atoms with Crippen molar-refractivity contribution in [2.24, 2.45) is 0 Å². The third-order valence-electron chi connectivity index (χ3n) is 5.60. The molecule has 0 radical (unpaired) electrons. The van der Waals surface area contributed by atoms with Crippen LogP contribution in [0.2, 0.25) is 0 Å². The van der Waals surface area contributed by atoms with Crippen LogP contribution in [-0.2, 0) is 10.4 Å². The molecule has 4 N–H and O–H groups in total. The molecule has 3 aromatic rings. The molecule has 2 aromatic carbocycles. The predicted molar refractivity (Wildman–Crippen MR) is 125 cm³/mol. The Morgan fingerprint density at radius 3 is 2.06 bits per heavy atom. The number of carbonyl (C=O) groups is 2. The van der Waals surface area contributed by atoms with Crippen molar-refractivity contribution in [1.29, 1.82) is 0 Å². The van der Waals surface area contributed by atoms with Crippen LogP contribution in [0.25, 0.3) is 0 Å². The number of hydrogen-bond acceptors (Lipinski definition) is 5. The summed E-state index contributed by atoms with van der Waals surface area (Å²) in [6.07, 6.45) is 6.83. The largest absolute Gasteiger partial charge is 0.376 e. The fraction of sp³-hybridized carbons (Fsp3) is 0.269. The number of aromatic nitrogens is 1. The Labute approximate surface area is 193 Å². The third kappa shape index (κ3) is 6.25. The zero-order chi connectivity index (χ0) is 23.5. The number of rotatable bonds is 11. The van der Waals surface area contributed by atoms with Gasteiger partial charge in [0.2, 0.25) is 5.91 Å². The number of aliphatic hydroxyl groups is 1. The van der Waals surface area contributed by atoms with E-state index in [2.05, 4.69) is 10.3 Å². The summed E-state index contributed by atoms with van der Waals surface area (Å²) in [5, 5.41) is 23.1. The molecule has 7 nitrogen and oxygen atoms in total. The highest BCUT2D eigenvalue weighted by Gasteiger charge is 2.33. The molecule has 0 aliphatic carbocycles. The number of unbranched alkanes of at least 4 members (excludes halogenated alkanes) is 3. The van der Waals surface area contributed by atoms with Gasteiger partial charge >= 0.3 is 0 Å². The first-order chi connectivity index (χ1) is 16.1. The van der Waals surface area contributed by atoms with Crippen molar-refractivity contribution >= 4 is 11.8 Å². The van der Waals surface area contributed by atoms with Crippen LogP contribution < -0.4 is 10.8 Å². The highest BCUT2D eigenvalue weighted by molar-refractivity contribution is 5.94. The van der Waals surface area contributed by atoms with E-state index >= 15 is 0 Å². The number of benzene rings is 2. The minimum Gasteiger partial charge on any atom is -0.376 e. The van der Waals surface area contributed by atoms with E-state index in [-0.39, 0.29) is 11.8 Å². The average Bonchev–Trinajstić information content (AvgIpc) is 2.88. The van der Waals surface area contributed by atoms with Gasteiger partial charge in [0.25, 0.3) is 5.91 Å². The van der Waals surface area contributed by atoms with Crippen molar-refractivity contribution in [1.82, 2.24) is 15.8 Å². The summed E-state index contributed by atoms with van der Waals surface area (Å²) in [6, 6.07) is 19.9. The van der Waals surface area contributed by atoms with Gasteiger partial charge in [-0.2, -0.15) is 0 Å². The lowest BCUT2D eigenvalue weighted by molar-refractivity contribution is -0.129. The van der Waals surface area contributed by atoms with Crippen molar-refractivity contribution in [2.45, 2.75) is 37.7 Å². The summed E-state index contributed by atoms with van der Waals surface area (Å²) in [7, 11) is 0. The first kappa shape index (κ1) is 24.1. The molecule has 0 spiro atoms. The Balaban J connectivity index is 1.62. The van der Waals surface area contributed by atoms with Crippen molar-refractivity contribution in [3.63, 3.8) is 0 Å². The number of pyridine rings is 1. The number of nitrogens with one attached hydrogen (secondary N) is 2. The molecular formula is C26H29N3O4. The molecule has 1 aromatic heterocycles. The second-order valence-corrected chi connectivity index (χ2v) is 7.84. The number of carbonyl (C=O) groups excluding carboxylic acids is 2. The monoisotopic (exact) mass is 447 g/mol. The van der Waals surface area contributed by atoms with E-state index in [4.69, 9.17) is 5.21 Å². The lowest BCUT2D eigenvalue weighted by Gasteiger charge is -2.30. The highest BCUT2D eigenvalue weighted by atomic mass is 16.5. The Kier molecular flexibility index (Phi) is 8.69. The molecule has 0 fully saturated rings. The summed E-state index contributed by atoms with van der Waals surface area (Å²) in [5.41, 5.74) is 2.84. The van der Waals surface area contributed by atoms with Gasteiger partial charge in [0, 0.05) is 30.9 Å². The van der Waals surface area contributed by atoms with Crippen LogP contribution in [0.15, 0.2) is 79.1 Å². The van der Waals surface area contributed by atoms with Crippen LogP contribution in [0.5, 0.6) is 0 Å². The Morgan fingerprint density at radius 1 is 0.788 bits per heavy atom. The average molecular weight is 448 g/mol. The van der Waals surface area contributed by atoms with Crippen LogP contribution in [0, 0.1) is 0 Å². The third-order valence-corrected chi connectivity index (χ3v) is 5.60. The van der Waals surface area contributed by atoms with Crippen molar-refractivity contribution < 1.29 is 19.9 Å². The zero-order valence-corrected chi connectivity index (χ0v) is 18.4. The molecule has 2 amide bonds. The quantitative estimate of drug-likeness (QED) is 0.204. The Bertz CT molecular complexity index is 985. The summed E-state index contributed by atoms with van der Waals surface area (Å²) in [5.74, 6) is -0.553. The van der Waals surface area contributed by atoms with Gasteiger partial charge < -0.3 is 10.4 Å². The van der Waals surface area contributed by atoms with E-state index in [0.29, 0.717) is 36.1 Å². The van der Waals surface area contributed by atoms with Crippen LogP contribution in [-0.4, -0.2) is 33.7 Å². The van der Waals surface area contributed by atoms with Crippen LogP contribution in [0.1, 0.15) is 59.2 Å². The number of amides is 2. The minimum atomic E-state index is -1.37. The van der Waals surface area contributed by atoms with Crippen LogP contribution >= 0.6 is 0 Å². The lowest BCUT2D eigenvalue weighted by atomic mass is 9.80. The molecule has 1 heterocycles. The molecular weight excluding hydrogens is 418 g/mol. The summed E-state index contributed by atoms with van der Waals surface area (Å²) in [6.45, 7) is 0.539. The SMILES string of the molecule is O=C(CCCCCCNC(=O)c1ccc(C(O)(c2ccccc2)c2ccncc2)cc1)NO. The Hall–Kier alpha value is -3.55. The summed E-state index contributed by atoms with van der Waals surface area (Å²) < 4.78 is 0. The van der Waals surface area contributed by atoms with Gasteiger partial charge in [-0.3, -0.25) is 19.8 Å². The van der Waals surface area contributed by atoms with E-state index in [1.165, 1.54) is 0 Å². The second-order valence-electron chi connectivity index (χ2n) is 7.84. The van der Waals surface area contributed by atoms with E-state index in [1.807, 2.05) is 30.3 Å². The van der Waals surface area contributed by atoms with Crippen molar-refractivity contribution in [3.8, 4) is 0 Å². The van der Waals surface area contributed by atoms with Gasteiger partial charge in [0.15, 0.2) is 0 Å². The van der Waals surface area contributed by atoms with E-state index < -0.39 is 5.60 Å². The van der Waals surface area contributed by atoms with Gasteiger partial charge in [0.1, 0.15) is 5.60 Å². The number of hydroxylamine groups is 1.